The minimum atomic E-state index is -0.0825. The largest absolute Gasteiger partial charge is 0.486 e. The number of pyridine rings is 2. The molecule has 3 aromatic rings. The number of methoxy groups -OCH3 is 1. The van der Waals surface area contributed by atoms with Gasteiger partial charge in [-0.05, 0) is 29.8 Å². The van der Waals surface area contributed by atoms with Gasteiger partial charge in [0.05, 0.1) is 12.8 Å². The van der Waals surface area contributed by atoms with Crippen LogP contribution in [-0.4, -0.2) is 36.3 Å². The van der Waals surface area contributed by atoms with Gasteiger partial charge in [-0.15, -0.1) is 0 Å². The van der Waals surface area contributed by atoms with E-state index in [0.29, 0.717) is 19.0 Å². The smallest absolute Gasteiger partial charge is 0.213 e. The summed E-state index contributed by atoms with van der Waals surface area (Å²) in [5.41, 5.74) is 2.82. The normalized spacial score (nSPS) is 15.4. The van der Waals surface area contributed by atoms with Crippen molar-refractivity contribution < 1.29 is 14.2 Å². The van der Waals surface area contributed by atoms with E-state index in [0.717, 1.165) is 34.9 Å². The molecule has 2 aromatic heterocycles. The molecule has 138 valence electrons. The molecular weight excluding hydrogens is 342 g/mol. The maximum atomic E-state index is 6.24. The molecule has 1 aromatic carbocycles. The van der Waals surface area contributed by atoms with Crippen LogP contribution < -0.4 is 19.5 Å². The SMILES string of the molecule is COc1cccc(-c2cccc3c2OC(CNCc2cccnc2)CO3)n1. The Bertz CT molecular complexity index is 902. The highest BCUT2D eigenvalue weighted by Crippen LogP contribution is 2.40. The van der Waals surface area contributed by atoms with Crippen LogP contribution in [-0.2, 0) is 6.54 Å². The van der Waals surface area contributed by atoms with E-state index < -0.39 is 0 Å². The molecule has 0 saturated carbocycles. The van der Waals surface area contributed by atoms with Gasteiger partial charge in [-0.1, -0.05) is 18.2 Å². The maximum Gasteiger partial charge on any atom is 0.213 e. The van der Waals surface area contributed by atoms with Crippen molar-refractivity contribution in [3.05, 3.63) is 66.5 Å². The molecule has 0 aliphatic carbocycles. The third-order valence-corrected chi connectivity index (χ3v) is 4.32. The maximum absolute atomic E-state index is 6.24. The molecule has 0 radical (unpaired) electrons. The monoisotopic (exact) mass is 363 g/mol. The zero-order valence-electron chi connectivity index (χ0n) is 15.1. The second-order valence-electron chi connectivity index (χ2n) is 6.24. The number of hydrogen-bond donors (Lipinski definition) is 1. The molecule has 1 N–H and O–H groups in total. The highest BCUT2D eigenvalue weighted by atomic mass is 16.6. The fraction of sp³-hybridized carbons (Fsp3) is 0.238. The lowest BCUT2D eigenvalue weighted by atomic mass is 10.1. The Morgan fingerprint density at radius 1 is 1.15 bits per heavy atom. The van der Waals surface area contributed by atoms with Crippen molar-refractivity contribution >= 4 is 0 Å². The quantitative estimate of drug-likeness (QED) is 0.726. The highest BCUT2D eigenvalue weighted by Gasteiger charge is 2.24. The van der Waals surface area contributed by atoms with E-state index >= 15 is 0 Å². The van der Waals surface area contributed by atoms with E-state index in [-0.39, 0.29) is 6.10 Å². The molecular formula is C21H21N3O3. The van der Waals surface area contributed by atoms with Gasteiger partial charge in [0.15, 0.2) is 11.5 Å². The van der Waals surface area contributed by atoms with Gasteiger partial charge in [-0.3, -0.25) is 4.98 Å². The lowest BCUT2D eigenvalue weighted by Crippen LogP contribution is -2.38. The van der Waals surface area contributed by atoms with Crippen molar-refractivity contribution in [2.24, 2.45) is 0 Å². The second kappa shape index (κ2) is 8.05. The number of para-hydroxylation sites is 1. The first-order chi connectivity index (χ1) is 13.3. The Morgan fingerprint density at radius 2 is 2.07 bits per heavy atom. The average Bonchev–Trinajstić information content (AvgIpc) is 2.74. The average molecular weight is 363 g/mol. The Morgan fingerprint density at radius 3 is 2.93 bits per heavy atom. The van der Waals surface area contributed by atoms with Gasteiger partial charge in [0, 0.05) is 37.1 Å². The summed E-state index contributed by atoms with van der Waals surface area (Å²) in [6.07, 6.45) is 3.54. The lowest BCUT2D eigenvalue weighted by molar-refractivity contribution is 0.0909. The molecule has 0 spiro atoms. The van der Waals surface area contributed by atoms with E-state index in [4.69, 9.17) is 14.2 Å². The summed E-state index contributed by atoms with van der Waals surface area (Å²) in [5, 5.41) is 3.40. The first kappa shape index (κ1) is 17.3. The lowest BCUT2D eigenvalue weighted by Gasteiger charge is -2.28. The van der Waals surface area contributed by atoms with Gasteiger partial charge in [-0.25, -0.2) is 4.98 Å². The Labute approximate surface area is 158 Å². The number of benzene rings is 1. The van der Waals surface area contributed by atoms with Gasteiger partial charge in [0.2, 0.25) is 5.88 Å². The zero-order valence-corrected chi connectivity index (χ0v) is 15.1. The van der Waals surface area contributed by atoms with E-state index in [2.05, 4.69) is 15.3 Å². The van der Waals surface area contributed by atoms with Crippen LogP contribution >= 0.6 is 0 Å². The predicted molar refractivity (Wildman–Crippen MR) is 102 cm³/mol. The number of rotatable bonds is 6. The molecule has 1 unspecified atom stereocenters. The van der Waals surface area contributed by atoms with Crippen LogP contribution in [0.1, 0.15) is 5.56 Å². The van der Waals surface area contributed by atoms with E-state index in [1.165, 1.54) is 0 Å². The third-order valence-electron chi connectivity index (χ3n) is 4.32. The van der Waals surface area contributed by atoms with Crippen molar-refractivity contribution in [1.82, 2.24) is 15.3 Å². The van der Waals surface area contributed by atoms with Crippen LogP contribution in [0, 0.1) is 0 Å². The molecule has 1 atom stereocenters. The first-order valence-corrected chi connectivity index (χ1v) is 8.87. The Hall–Kier alpha value is -3.12. The van der Waals surface area contributed by atoms with Crippen LogP contribution in [0.15, 0.2) is 60.9 Å². The fourth-order valence-electron chi connectivity index (χ4n) is 3.00. The van der Waals surface area contributed by atoms with Crippen LogP contribution in [0.2, 0.25) is 0 Å². The summed E-state index contributed by atoms with van der Waals surface area (Å²) in [6.45, 7) is 1.91. The molecule has 0 bridgehead atoms. The number of nitrogens with one attached hydrogen (secondary N) is 1. The van der Waals surface area contributed by atoms with Crippen molar-refractivity contribution in [3.8, 4) is 28.6 Å². The molecule has 27 heavy (non-hydrogen) atoms. The molecule has 6 nitrogen and oxygen atoms in total. The van der Waals surface area contributed by atoms with Gasteiger partial charge in [0.25, 0.3) is 0 Å². The van der Waals surface area contributed by atoms with E-state index in [9.17, 15) is 0 Å². The van der Waals surface area contributed by atoms with Crippen LogP contribution in [0.5, 0.6) is 17.4 Å². The van der Waals surface area contributed by atoms with Crippen molar-refractivity contribution in [3.63, 3.8) is 0 Å². The fourth-order valence-corrected chi connectivity index (χ4v) is 3.00. The van der Waals surface area contributed by atoms with Crippen molar-refractivity contribution in [2.75, 3.05) is 20.3 Å². The summed E-state index contributed by atoms with van der Waals surface area (Å²) < 4.78 is 17.4. The standard InChI is InChI=1S/C21H21N3O3/c1-25-20-9-3-7-18(24-20)17-6-2-8-19-21(17)27-16(14-26-19)13-23-12-15-5-4-10-22-11-15/h2-11,16,23H,12-14H2,1H3. The number of nitrogens with zero attached hydrogens (tertiary/aromatic N) is 2. The number of aromatic nitrogens is 2. The van der Waals surface area contributed by atoms with Gasteiger partial charge in [-0.2, -0.15) is 0 Å². The van der Waals surface area contributed by atoms with E-state index in [1.807, 2.05) is 54.7 Å². The number of hydrogen-bond acceptors (Lipinski definition) is 6. The van der Waals surface area contributed by atoms with Crippen LogP contribution in [0.3, 0.4) is 0 Å². The molecule has 0 amide bonds. The topological polar surface area (TPSA) is 65.5 Å². The minimum absolute atomic E-state index is 0.0825. The predicted octanol–water partition coefficient (Wildman–Crippen LogP) is 3.08. The summed E-state index contributed by atoms with van der Waals surface area (Å²) in [6, 6.07) is 15.5. The molecule has 6 heteroatoms. The van der Waals surface area contributed by atoms with Gasteiger partial charge < -0.3 is 19.5 Å². The minimum Gasteiger partial charge on any atom is -0.486 e. The Kier molecular flexibility index (Phi) is 5.16. The van der Waals surface area contributed by atoms with Crippen molar-refractivity contribution in [2.45, 2.75) is 12.6 Å². The van der Waals surface area contributed by atoms with E-state index in [1.54, 1.807) is 13.3 Å². The number of fused-ring (bicyclic) bond motifs is 1. The molecule has 3 heterocycles. The first-order valence-electron chi connectivity index (χ1n) is 8.87. The summed E-state index contributed by atoms with van der Waals surface area (Å²) in [7, 11) is 1.61. The van der Waals surface area contributed by atoms with Gasteiger partial charge >= 0.3 is 0 Å². The van der Waals surface area contributed by atoms with Crippen LogP contribution in [0.4, 0.5) is 0 Å². The summed E-state index contributed by atoms with van der Waals surface area (Å²) >= 11 is 0. The molecule has 1 aliphatic heterocycles. The molecule has 0 fully saturated rings. The zero-order chi connectivity index (χ0) is 18.5. The Balaban J connectivity index is 1.48. The third kappa shape index (κ3) is 4.01. The molecule has 0 saturated heterocycles. The van der Waals surface area contributed by atoms with Crippen LogP contribution in [0.25, 0.3) is 11.3 Å². The summed E-state index contributed by atoms with van der Waals surface area (Å²) in [4.78, 5) is 8.64. The van der Waals surface area contributed by atoms with Gasteiger partial charge in [0.1, 0.15) is 12.7 Å². The highest BCUT2D eigenvalue weighted by molar-refractivity contribution is 5.71. The number of ether oxygens (including phenoxy) is 3. The second-order valence-corrected chi connectivity index (χ2v) is 6.24. The van der Waals surface area contributed by atoms with Crippen molar-refractivity contribution in [1.29, 1.82) is 0 Å². The molecule has 1 aliphatic rings. The molecule has 4 rings (SSSR count). The summed E-state index contributed by atoms with van der Waals surface area (Å²) in [5.74, 6) is 2.02.